The van der Waals surface area contributed by atoms with E-state index in [9.17, 15) is 12.8 Å². The number of benzene rings is 1. The molecule has 0 aliphatic carbocycles. The lowest BCUT2D eigenvalue weighted by Gasteiger charge is -2.18. The van der Waals surface area contributed by atoms with Crippen LogP contribution >= 0.6 is 11.6 Å². The molecular weight excluding hydrogens is 305 g/mol. The average molecular weight is 324 g/mol. The number of hydrogen-bond acceptors (Lipinski definition) is 3. The zero-order chi connectivity index (χ0) is 15.2. The summed E-state index contributed by atoms with van der Waals surface area (Å²) in [7, 11) is -2.28. The largest absolute Gasteiger partial charge is 0.317 e. The summed E-state index contributed by atoms with van der Waals surface area (Å²) in [6.07, 6.45) is 0.683. The van der Waals surface area contributed by atoms with Gasteiger partial charge in [-0.15, -0.1) is 0 Å². The van der Waals surface area contributed by atoms with E-state index < -0.39 is 16.0 Å². The maximum atomic E-state index is 13.1. The van der Waals surface area contributed by atoms with Gasteiger partial charge in [0.05, 0.1) is 10.7 Å². The van der Waals surface area contributed by atoms with Gasteiger partial charge in [-0.25, -0.2) is 4.39 Å². The fraction of sp³-hybridized carbons (Fsp3) is 0.500. The second-order valence-corrected chi connectivity index (χ2v) is 6.44. The first-order valence-electron chi connectivity index (χ1n) is 6.26. The highest BCUT2D eigenvalue weighted by atomic mass is 35.5. The molecule has 0 aromatic heterocycles. The molecule has 0 unspecified atom stereocenters. The average Bonchev–Trinajstić information content (AvgIpc) is 2.38. The third-order valence-electron chi connectivity index (χ3n) is 2.65. The van der Waals surface area contributed by atoms with Crippen LogP contribution in [0.5, 0.6) is 0 Å². The molecule has 0 aliphatic heterocycles. The first kappa shape index (κ1) is 17.2. The SMILES string of the molecule is CCNCCCN(C)S(=O)(=O)Nc1cc(F)ccc1Cl. The number of hydrogen-bond donors (Lipinski definition) is 2. The highest BCUT2D eigenvalue weighted by molar-refractivity contribution is 7.90. The van der Waals surface area contributed by atoms with Gasteiger partial charge in [0.15, 0.2) is 0 Å². The number of nitrogens with zero attached hydrogens (tertiary/aromatic N) is 1. The minimum Gasteiger partial charge on any atom is -0.317 e. The maximum absolute atomic E-state index is 13.1. The lowest BCUT2D eigenvalue weighted by Crippen LogP contribution is -2.34. The highest BCUT2D eigenvalue weighted by Crippen LogP contribution is 2.23. The van der Waals surface area contributed by atoms with E-state index in [4.69, 9.17) is 11.6 Å². The molecule has 0 bridgehead atoms. The molecular formula is C12H19ClFN3O2S. The van der Waals surface area contributed by atoms with Crippen LogP contribution in [0.25, 0.3) is 0 Å². The Morgan fingerprint density at radius 3 is 2.75 bits per heavy atom. The van der Waals surface area contributed by atoms with Crippen LogP contribution in [0.1, 0.15) is 13.3 Å². The first-order valence-corrected chi connectivity index (χ1v) is 8.08. The summed E-state index contributed by atoms with van der Waals surface area (Å²) in [6.45, 7) is 3.91. The van der Waals surface area contributed by atoms with Gasteiger partial charge < -0.3 is 5.32 Å². The molecule has 0 aliphatic rings. The Bertz CT molecular complexity index is 540. The van der Waals surface area contributed by atoms with E-state index in [0.717, 1.165) is 19.2 Å². The lowest BCUT2D eigenvalue weighted by molar-refractivity contribution is 0.459. The van der Waals surface area contributed by atoms with Crippen LogP contribution in [-0.2, 0) is 10.2 Å². The van der Waals surface area contributed by atoms with Crippen LogP contribution in [-0.4, -0.2) is 39.4 Å². The van der Waals surface area contributed by atoms with Crippen LogP contribution in [0.15, 0.2) is 18.2 Å². The summed E-state index contributed by atoms with van der Waals surface area (Å²) in [5.41, 5.74) is 0.0326. The lowest BCUT2D eigenvalue weighted by atomic mass is 10.3. The van der Waals surface area contributed by atoms with Crippen molar-refractivity contribution in [3.05, 3.63) is 29.0 Å². The first-order chi connectivity index (χ1) is 9.36. The van der Waals surface area contributed by atoms with Gasteiger partial charge in [0, 0.05) is 13.6 Å². The van der Waals surface area contributed by atoms with Gasteiger partial charge in [-0.05, 0) is 37.7 Å². The molecule has 0 spiro atoms. The third-order valence-corrected chi connectivity index (χ3v) is 4.46. The molecule has 0 saturated carbocycles. The van der Waals surface area contributed by atoms with Gasteiger partial charge in [0.25, 0.3) is 0 Å². The fourth-order valence-corrected chi connectivity index (χ4v) is 2.71. The van der Waals surface area contributed by atoms with Crippen molar-refractivity contribution in [3.63, 3.8) is 0 Å². The Morgan fingerprint density at radius 2 is 2.10 bits per heavy atom. The molecule has 114 valence electrons. The predicted molar refractivity (Wildman–Crippen MR) is 79.7 cm³/mol. The van der Waals surface area contributed by atoms with Gasteiger partial charge in [0.1, 0.15) is 5.82 Å². The van der Waals surface area contributed by atoms with Crippen LogP contribution in [0, 0.1) is 5.82 Å². The van der Waals surface area contributed by atoms with Gasteiger partial charge in [-0.3, -0.25) is 4.72 Å². The molecule has 0 amide bonds. The molecule has 0 saturated heterocycles. The minimum atomic E-state index is -3.74. The Morgan fingerprint density at radius 1 is 1.40 bits per heavy atom. The van der Waals surface area contributed by atoms with Crippen LogP contribution < -0.4 is 10.0 Å². The van der Waals surface area contributed by atoms with Crippen molar-refractivity contribution in [2.45, 2.75) is 13.3 Å². The molecule has 0 fully saturated rings. The molecule has 0 atom stereocenters. The van der Waals surface area contributed by atoms with E-state index in [1.165, 1.54) is 23.5 Å². The molecule has 8 heteroatoms. The smallest absolute Gasteiger partial charge is 0.301 e. The Kier molecular flexibility index (Phi) is 6.67. The molecule has 1 aromatic carbocycles. The summed E-state index contributed by atoms with van der Waals surface area (Å²) in [5.74, 6) is -0.554. The molecule has 0 heterocycles. The van der Waals surface area contributed by atoms with Crippen LogP contribution in [0.3, 0.4) is 0 Å². The quantitative estimate of drug-likeness (QED) is 0.720. The molecule has 2 N–H and O–H groups in total. The van der Waals surface area contributed by atoms with E-state index in [-0.39, 0.29) is 10.7 Å². The number of rotatable bonds is 8. The van der Waals surface area contributed by atoms with Crippen molar-refractivity contribution < 1.29 is 12.8 Å². The van der Waals surface area contributed by atoms with Crippen molar-refractivity contribution in [2.75, 3.05) is 31.4 Å². The summed E-state index contributed by atoms with van der Waals surface area (Å²) in [4.78, 5) is 0. The molecule has 20 heavy (non-hydrogen) atoms. The molecule has 1 rings (SSSR count). The maximum Gasteiger partial charge on any atom is 0.301 e. The van der Waals surface area contributed by atoms with Crippen molar-refractivity contribution in [1.82, 2.24) is 9.62 Å². The normalized spacial score (nSPS) is 11.8. The highest BCUT2D eigenvalue weighted by Gasteiger charge is 2.18. The molecule has 1 aromatic rings. The van der Waals surface area contributed by atoms with Gasteiger partial charge in [0.2, 0.25) is 0 Å². The molecule has 0 radical (unpaired) electrons. The van der Waals surface area contributed by atoms with E-state index in [0.29, 0.717) is 13.0 Å². The van der Waals surface area contributed by atoms with Crippen molar-refractivity contribution in [1.29, 1.82) is 0 Å². The van der Waals surface area contributed by atoms with Gasteiger partial charge in [-0.1, -0.05) is 18.5 Å². The Hall–Kier alpha value is -0.890. The topological polar surface area (TPSA) is 61.4 Å². The zero-order valence-electron chi connectivity index (χ0n) is 11.5. The standard InChI is InChI=1S/C12H19ClFN3O2S/c1-3-15-7-4-8-17(2)20(18,19)16-12-9-10(14)5-6-11(12)13/h5-6,9,15-16H,3-4,7-8H2,1-2H3. The fourth-order valence-electron chi connectivity index (χ4n) is 1.52. The number of anilines is 1. The van der Waals surface area contributed by atoms with Crippen molar-refractivity contribution in [3.8, 4) is 0 Å². The van der Waals surface area contributed by atoms with Crippen LogP contribution in [0.4, 0.5) is 10.1 Å². The summed E-state index contributed by atoms with van der Waals surface area (Å²) in [5, 5.41) is 3.26. The number of halogens is 2. The van der Waals surface area contributed by atoms with Gasteiger partial charge in [-0.2, -0.15) is 12.7 Å². The predicted octanol–water partition coefficient (Wildman–Crippen LogP) is 2.07. The minimum absolute atomic E-state index is 0.0326. The zero-order valence-corrected chi connectivity index (χ0v) is 13.1. The Balaban J connectivity index is 2.66. The van der Waals surface area contributed by atoms with E-state index >= 15 is 0 Å². The summed E-state index contributed by atoms with van der Waals surface area (Å²) >= 11 is 5.83. The number of nitrogens with one attached hydrogen (secondary N) is 2. The molecule has 5 nitrogen and oxygen atoms in total. The second kappa shape index (κ2) is 7.78. The third kappa shape index (κ3) is 5.24. The van der Waals surface area contributed by atoms with Crippen molar-refractivity contribution >= 4 is 27.5 Å². The summed E-state index contributed by atoms with van der Waals surface area (Å²) < 4.78 is 40.6. The van der Waals surface area contributed by atoms with Crippen LogP contribution in [0.2, 0.25) is 5.02 Å². The monoisotopic (exact) mass is 323 g/mol. The van der Waals surface area contributed by atoms with Crippen molar-refractivity contribution in [2.24, 2.45) is 0 Å². The van der Waals surface area contributed by atoms with E-state index in [1.807, 2.05) is 6.92 Å². The summed E-state index contributed by atoms with van der Waals surface area (Å²) in [6, 6.07) is 3.52. The Labute approximate surface area is 124 Å². The van der Waals surface area contributed by atoms with E-state index in [1.54, 1.807) is 0 Å². The van der Waals surface area contributed by atoms with E-state index in [2.05, 4.69) is 10.0 Å². The second-order valence-electron chi connectivity index (χ2n) is 4.26. The van der Waals surface area contributed by atoms with Gasteiger partial charge >= 0.3 is 10.2 Å².